The second kappa shape index (κ2) is 5.67. The van der Waals surface area contributed by atoms with Crippen molar-refractivity contribution >= 4 is 5.91 Å². The molecule has 2 unspecified atom stereocenters. The first-order valence-electron chi connectivity index (χ1n) is 6.84. The lowest BCUT2D eigenvalue weighted by molar-refractivity contribution is -0.128. The van der Waals surface area contributed by atoms with Gasteiger partial charge in [0.2, 0.25) is 5.91 Å². The van der Waals surface area contributed by atoms with E-state index in [9.17, 15) is 4.79 Å². The van der Waals surface area contributed by atoms with Crippen molar-refractivity contribution in [2.24, 2.45) is 5.92 Å². The van der Waals surface area contributed by atoms with Gasteiger partial charge < -0.3 is 10.2 Å². The Kier molecular flexibility index (Phi) is 4.21. The van der Waals surface area contributed by atoms with Crippen LogP contribution in [0.3, 0.4) is 0 Å². The van der Waals surface area contributed by atoms with Gasteiger partial charge in [0.25, 0.3) is 0 Å². The maximum Gasteiger partial charge on any atom is 0.246 e. The van der Waals surface area contributed by atoms with E-state index < -0.39 is 0 Å². The number of carbonyl (C=O) groups excluding carboxylic acids is 1. The molecule has 0 aromatic rings. The lowest BCUT2D eigenvalue weighted by Gasteiger charge is -2.35. The normalized spacial score (nSPS) is 29.2. The molecule has 1 amide bonds. The van der Waals surface area contributed by atoms with Crippen LogP contribution in [-0.4, -0.2) is 36.5 Å². The number of allylic oxidation sites excluding steroid dienone is 1. The van der Waals surface area contributed by atoms with Crippen LogP contribution in [0.5, 0.6) is 0 Å². The molecule has 96 valence electrons. The SMILES string of the molecule is CC(C)=CC(=O)N1CCCC(C2CCCN2)C1. The Bertz CT molecular complexity index is 301. The van der Waals surface area contributed by atoms with Gasteiger partial charge >= 0.3 is 0 Å². The molecule has 2 aliphatic heterocycles. The highest BCUT2D eigenvalue weighted by atomic mass is 16.2. The van der Waals surface area contributed by atoms with E-state index >= 15 is 0 Å². The predicted octanol–water partition coefficient (Wildman–Crippen LogP) is 1.94. The molecule has 0 saturated carbocycles. The number of amides is 1. The van der Waals surface area contributed by atoms with Gasteiger partial charge in [0.1, 0.15) is 0 Å². The molecule has 2 rings (SSSR count). The smallest absolute Gasteiger partial charge is 0.246 e. The van der Waals surface area contributed by atoms with Crippen molar-refractivity contribution in [3.8, 4) is 0 Å². The average Bonchev–Trinajstić information content (AvgIpc) is 2.82. The number of hydrogen-bond donors (Lipinski definition) is 1. The molecule has 0 spiro atoms. The highest BCUT2D eigenvalue weighted by Crippen LogP contribution is 2.24. The molecule has 1 N–H and O–H groups in total. The second-order valence-electron chi connectivity index (χ2n) is 5.61. The van der Waals surface area contributed by atoms with Crippen molar-refractivity contribution < 1.29 is 4.79 Å². The number of rotatable bonds is 2. The van der Waals surface area contributed by atoms with Crippen molar-refractivity contribution in [3.63, 3.8) is 0 Å². The van der Waals surface area contributed by atoms with Gasteiger partial charge in [0, 0.05) is 25.2 Å². The Hall–Kier alpha value is -0.830. The highest BCUT2D eigenvalue weighted by molar-refractivity contribution is 5.88. The Morgan fingerprint density at radius 2 is 2.12 bits per heavy atom. The summed E-state index contributed by atoms with van der Waals surface area (Å²) in [4.78, 5) is 14.0. The fraction of sp³-hybridized carbons (Fsp3) is 0.786. The third-order valence-corrected chi connectivity index (χ3v) is 3.85. The van der Waals surface area contributed by atoms with Crippen LogP contribution in [0.1, 0.15) is 39.5 Å². The quantitative estimate of drug-likeness (QED) is 0.743. The average molecular weight is 236 g/mol. The van der Waals surface area contributed by atoms with Gasteiger partial charge in [-0.25, -0.2) is 0 Å². The van der Waals surface area contributed by atoms with E-state index in [1.54, 1.807) is 6.08 Å². The monoisotopic (exact) mass is 236 g/mol. The molecule has 0 aliphatic carbocycles. The predicted molar refractivity (Wildman–Crippen MR) is 69.8 cm³/mol. The molecule has 2 fully saturated rings. The molecule has 0 aromatic carbocycles. The van der Waals surface area contributed by atoms with Gasteiger partial charge in [-0.15, -0.1) is 0 Å². The van der Waals surface area contributed by atoms with Gasteiger partial charge in [0.15, 0.2) is 0 Å². The first-order chi connectivity index (χ1) is 8.16. The zero-order valence-corrected chi connectivity index (χ0v) is 11.0. The van der Waals surface area contributed by atoms with Crippen molar-refractivity contribution in [1.29, 1.82) is 0 Å². The standard InChI is InChI=1S/C14H24N2O/c1-11(2)9-14(17)16-8-4-5-12(10-16)13-6-3-7-15-13/h9,12-13,15H,3-8,10H2,1-2H3. The molecule has 17 heavy (non-hydrogen) atoms. The number of piperidine rings is 1. The summed E-state index contributed by atoms with van der Waals surface area (Å²) in [5, 5.41) is 3.57. The van der Waals surface area contributed by atoms with E-state index in [2.05, 4.69) is 5.32 Å². The largest absolute Gasteiger partial charge is 0.339 e. The van der Waals surface area contributed by atoms with Crippen molar-refractivity contribution in [2.45, 2.75) is 45.6 Å². The maximum atomic E-state index is 12.0. The Balaban J connectivity index is 1.92. The zero-order valence-electron chi connectivity index (χ0n) is 11.0. The third-order valence-electron chi connectivity index (χ3n) is 3.85. The Morgan fingerprint density at radius 1 is 1.29 bits per heavy atom. The van der Waals surface area contributed by atoms with Crippen molar-refractivity contribution in [1.82, 2.24) is 10.2 Å². The Labute approximate surface area is 104 Å². The molecular formula is C14H24N2O. The summed E-state index contributed by atoms with van der Waals surface area (Å²) in [6.45, 7) is 7.00. The van der Waals surface area contributed by atoms with E-state index in [1.807, 2.05) is 18.7 Å². The molecule has 0 radical (unpaired) electrons. The molecule has 3 nitrogen and oxygen atoms in total. The summed E-state index contributed by atoms with van der Waals surface area (Å²) >= 11 is 0. The third kappa shape index (κ3) is 3.32. The van der Waals surface area contributed by atoms with Gasteiger partial charge in [0.05, 0.1) is 0 Å². The number of likely N-dealkylation sites (tertiary alicyclic amines) is 1. The number of carbonyl (C=O) groups is 1. The summed E-state index contributed by atoms with van der Waals surface area (Å²) in [5.41, 5.74) is 1.09. The van der Waals surface area contributed by atoms with Crippen LogP contribution in [0.25, 0.3) is 0 Å². The first-order valence-corrected chi connectivity index (χ1v) is 6.84. The van der Waals surface area contributed by atoms with Crippen LogP contribution in [-0.2, 0) is 4.79 Å². The van der Waals surface area contributed by atoms with Crippen LogP contribution in [0.15, 0.2) is 11.6 Å². The van der Waals surface area contributed by atoms with Crippen LogP contribution < -0.4 is 5.32 Å². The number of nitrogens with one attached hydrogen (secondary N) is 1. The second-order valence-corrected chi connectivity index (χ2v) is 5.61. The highest BCUT2D eigenvalue weighted by Gasteiger charge is 2.30. The minimum absolute atomic E-state index is 0.202. The molecule has 2 aliphatic rings. The lowest BCUT2D eigenvalue weighted by Crippen LogP contribution is -2.45. The van der Waals surface area contributed by atoms with E-state index in [0.29, 0.717) is 12.0 Å². The van der Waals surface area contributed by atoms with Crippen LogP contribution >= 0.6 is 0 Å². The lowest BCUT2D eigenvalue weighted by atomic mass is 9.89. The minimum Gasteiger partial charge on any atom is -0.339 e. The van der Waals surface area contributed by atoms with Crippen LogP contribution in [0.2, 0.25) is 0 Å². The number of hydrogen-bond acceptors (Lipinski definition) is 2. The Morgan fingerprint density at radius 3 is 2.76 bits per heavy atom. The maximum absolute atomic E-state index is 12.0. The van der Waals surface area contributed by atoms with E-state index in [1.165, 1.54) is 19.3 Å². The van der Waals surface area contributed by atoms with Crippen LogP contribution in [0.4, 0.5) is 0 Å². The fourth-order valence-electron chi connectivity index (χ4n) is 2.99. The number of nitrogens with zero attached hydrogens (tertiary/aromatic N) is 1. The van der Waals surface area contributed by atoms with Gasteiger partial charge in [-0.2, -0.15) is 0 Å². The first kappa shape index (κ1) is 12.6. The molecule has 0 aromatic heterocycles. The van der Waals surface area contributed by atoms with Gasteiger partial charge in [-0.3, -0.25) is 4.79 Å². The van der Waals surface area contributed by atoms with Gasteiger partial charge in [-0.05, 0) is 52.0 Å². The van der Waals surface area contributed by atoms with E-state index in [0.717, 1.165) is 31.6 Å². The zero-order chi connectivity index (χ0) is 12.3. The van der Waals surface area contributed by atoms with Crippen molar-refractivity contribution in [3.05, 3.63) is 11.6 Å². The van der Waals surface area contributed by atoms with Gasteiger partial charge in [-0.1, -0.05) is 5.57 Å². The summed E-state index contributed by atoms with van der Waals surface area (Å²) in [6, 6.07) is 0.650. The summed E-state index contributed by atoms with van der Waals surface area (Å²) in [6.07, 6.45) is 6.78. The summed E-state index contributed by atoms with van der Waals surface area (Å²) in [7, 11) is 0. The molecular weight excluding hydrogens is 212 g/mol. The fourth-order valence-corrected chi connectivity index (χ4v) is 2.99. The minimum atomic E-state index is 0.202. The van der Waals surface area contributed by atoms with Crippen LogP contribution in [0, 0.1) is 5.92 Å². The molecule has 2 heterocycles. The van der Waals surface area contributed by atoms with E-state index in [-0.39, 0.29) is 5.91 Å². The van der Waals surface area contributed by atoms with E-state index in [4.69, 9.17) is 0 Å². The topological polar surface area (TPSA) is 32.3 Å². The molecule has 3 heteroatoms. The molecule has 2 saturated heterocycles. The summed E-state index contributed by atoms with van der Waals surface area (Å²) in [5.74, 6) is 0.869. The molecule has 0 bridgehead atoms. The molecule has 2 atom stereocenters. The summed E-state index contributed by atoms with van der Waals surface area (Å²) < 4.78 is 0. The van der Waals surface area contributed by atoms with Crippen molar-refractivity contribution in [2.75, 3.05) is 19.6 Å².